The van der Waals surface area contributed by atoms with Crippen LogP contribution in [0.15, 0.2) is 29.6 Å². The van der Waals surface area contributed by atoms with Gasteiger partial charge in [-0.1, -0.05) is 30.7 Å². The molecular weight excluding hydrogens is 336 g/mol. The molecule has 7 heteroatoms. The number of carbonyl (C=O) groups excluding carboxylic acids is 1. The second kappa shape index (κ2) is 8.08. The standard InChI is InChI=1S/C16H17ClN2O3S/c1-10(7-11-3-2-4-12(17)8-11)15(20)18-6-5-14-19-13(9-23-14)16(21)22/h2-4,8-10H,5-7H2,1H3,(H,18,20)(H,21,22). The van der Waals surface area contributed by atoms with Gasteiger partial charge in [0.15, 0.2) is 5.69 Å². The average molecular weight is 353 g/mol. The van der Waals surface area contributed by atoms with E-state index in [9.17, 15) is 9.59 Å². The largest absolute Gasteiger partial charge is 0.476 e. The molecule has 0 aliphatic carbocycles. The molecule has 1 aromatic heterocycles. The Bertz CT molecular complexity index is 702. The number of rotatable bonds is 7. The number of hydrogen-bond acceptors (Lipinski definition) is 4. The van der Waals surface area contributed by atoms with Crippen LogP contribution in [0.3, 0.4) is 0 Å². The highest BCUT2D eigenvalue weighted by Gasteiger charge is 2.14. The first-order valence-corrected chi connectivity index (χ1v) is 8.41. The third-order valence-corrected chi connectivity index (χ3v) is 4.43. The normalized spacial score (nSPS) is 11.9. The van der Waals surface area contributed by atoms with Crippen LogP contribution in [0.25, 0.3) is 0 Å². The zero-order valence-electron chi connectivity index (χ0n) is 12.6. The summed E-state index contributed by atoms with van der Waals surface area (Å²) in [6.07, 6.45) is 1.14. The molecule has 1 aromatic carbocycles. The second-order valence-electron chi connectivity index (χ2n) is 5.21. The fourth-order valence-corrected chi connectivity index (χ4v) is 3.09. The van der Waals surface area contributed by atoms with Crippen LogP contribution < -0.4 is 5.32 Å². The number of carbonyl (C=O) groups is 2. The van der Waals surface area contributed by atoms with Crippen LogP contribution in [-0.4, -0.2) is 28.5 Å². The van der Waals surface area contributed by atoms with Gasteiger partial charge in [0.25, 0.3) is 0 Å². The third kappa shape index (κ3) is 5.33. The van der Waals surface area contributed by atoms with E-state index >= 15 is 0 Å². The summed E-state index contributed by atoms with van der Waals surface area (Å²) < 4.78 is 0. The second-order valence-corrected chi connectivity index (χ2v) is 6.59. The molecule has 122 valence electrons. The van der Waals surface area contributed by atoms with E-state index < -0.39 is 5.97 Å². The average Bonchev–Trinajstić information content (AvgIpc) is 2.96. The quantitative estimate of drug-likeness (QED) is 0.802. The van der Waals surface area contributed by atoms with Crippen molar-refractivity contribution in [2.24, 2.45) is 5.92 Å². The van der Waals surface area contributed by atoms with Crippen molar-refractivity contribution < 1.29 is 14.7 Å². The number of carboxylic acid groups (broad SMARTS) is 1. The maximum atomic E-state index is 12.1. The molecule has 0 radical (unpaired) electrons. The highest BCUT2D eigenvalue weighted by atomic mass is 35.5. The number of thiazole rings is 1. The SMILES string of the molecule is CC(Cc1cccc(Cl)c1)C(=O)NCCc1nc(C(=O)O)cs1. The molecule has 0 saturated carbocycles. The van der Waals surface area contributed by atoms with Gasteiger partial charge in [0.2, 0.25) is 5.91 Å². The number of carboxylic acids is 1. The minimum absolute atomic E-state index is 0.0417. The molecule has 1 atom stereocenters. The number of nitrogens with zero attached hydrogens (tertiary/aromatic N) is 1. The Morgan fingerprint density at radius 1 is 1.43 bits per heavy atom. The van der Waals surface area contributed by atoms with E-state index in [-0.39, 0.29) is 17.5 Å². The molecule has 0 aliphatic heterocycles. The third-order valence-electron chi connectivity index (χ3n) is 3.29. The minimum Gasteiger partial charge on any atom is -0.476 e. The van der Waals surface area contributed by atoms with Gasteiger partial charge in [0, 0.05) is 29.3 Å². The number of aromatic carboxylic acids is 1. The van der Waals surface area contributed by atoms with E-state index in [4.69, 9.17) is 16.7 Å². The van der Waals surface area contributed by atoms with Crippen molar-refractivity contribution >= 4 is 34.8 Å². The van der Waals surface area contributed by atoms with Crippen LogP contribution in [-0.2, 0) is 17.6 Å². The molecule has 0 bridgehead atoms. The molecule has 2 N–H and O–H groups in total. The molecular formula is C16H17ClN2O3S. The zero-order chi connectivity index (χ0) is 16.8. The summed E-state index contributed by atoms with van der Waals surface area (Å²) in [7, 11) is 0. The van der Waals surface area contributed by atoms with Gasteiger partial charge < -0.3 is 10.4 Å². The van der Waals surface area contributed by atoms with Crippen LogP contribution in [0.4, 0.5) is 0 Å². The summed E-state index contributed by atoms with van der Waals surface area (Å²) in [6.45, 7) is 2.30. The Hall–Kier alpha value is -1.92. The highest BCUT2D eigenvalue weighted by Crippen LogP contribution is 2.15. The lowest BCUT2D eigenvalue weighted by Crippen LogP contribution is -2.31. The summed E-state index contributed by atoms with van der Waals surface area (Å²) in [6, 6.07) is 7.47. The van der Waals surface area contributed by atoms with E-state index in [2.05, 4.69) is 10.3 Å². The Kier molecular flexibility index (Phi) is 6.12. The van der Waals surface area contributed by atoms with Crippen molar-refractivity contribution in [2.45, 2.75) is 19.8 Å². The van der Waals surface area contributed by atoms with Gasteiger partial charge in [-0.25, -0.2) is 9.78 Å². The Balaban J connectivity index is 1.78. The van der Waals surface area contributed by atoms with Crippen LogP contribution in [0.5, 0.6) is 0 Å². The summed E-state index contributed by atoms with van der Waals surface area (Å²) in [5.41, 5.74) is 1.07. The number of hydrogen-bond donors (Lipinski definition) is 2. The molecule has 2 rings (SSSR count). The lowest BCUT2D eigenvalue weighted by Gasteiger charge is -2.12. The monoisotopic (exact) mass is 352 g/mol. The topological polar surface area (TPSA) is 79.3 Å². The molecule has 1 amide bonds. The molecule has 23 heavy (non-hydrogen) atoms. The maximum Gasteiger partial charge on any atom is 0.355 e. The van der Waals surface area contributed by atoms with Crippen molar-refractivity contribution in [1.82, 2.24) is 10.3 Å². The number of aromatic nitrogens is 1. The van der Waals surface area contributed by atoms with Gasteiger partial charge in [-0.05, 0) is 24.1 Å². The summed E-state index contributed by atoms with van der Waals surface area (Å²) in [5, 5.41) is 14.5. The first-order chi connectivity index (χ1) is 11.0. The Morgan fingerprint density at radius 2 is 2.22 bits per heavy atom. The first-order valence-electron chi connectivity index (χ1n) is 7.15. The molecule has 0 aliphatic rings. The van der Waals surface area contributed by atoms with E-state index in [1.807, 2.05) is 25.1 Å². The van der Waals surface area contributed by atoms with Crippen molar-refractivity contribution in [3.05, 3.63) is 50.9 Å². The van der Waals surface area contributed by atoms with Crippen molar-refractivity contribution in [3.8, 4) is 0 Å². The fourth-order valence-electron chi connectivity index (χ4n) is 2.10. The Morgan fingerprint density at radius 3 is 2.87 bits per heavy atom. The Labute approximate surface area is 143 Å². The molecule has 5 nitrogen and oxygen atoms in total. The lowest BCUT2D eigenvalue weighted by atomic mass is 10.0. The van der Waals surface area contributed by atoms with Crippen LogP contribution in [0.1, 0.15) is 28.0 Å². The van der Waals surface area contributed by atoms with Gasteiger partial charge in [0.1, 0.15) is 0 Å². The van der Waals surface area contributed by atoms with E-state index in [0.29, 0.717) is 29.4 Å². The number of nitrogens with one attached hydrogen (secondary N) is 1. The summed E-state index contributed by atoms with van der Waals surface area (Å²) in [4.78, 5) is 26.8. The molecule has 0 saturated heterocycles. The van der Waals surface area contributed by atoms with Crippen molar-refractivity contribution in [1.29, 1.82) is 0 Å². The zero-order valence-corrected chi connectivity index (χ0v) is 14.2. The van der Waals surface area contributed by atoms with Gasteiger partial charge in [0.05, 0.1) is 5.01 Å². The number of halogens is 1. The molecule has 1 heterocycles. The number of amides is 1. The van der Waals surface area contributed by atoms with Gasteiger partial charge in [-0.3, -0.25) is 4.79 Å². The number of benzene rings is 1. The molecule has 2 aromatic rings. The van der Waals surface area contributed by atoms with E-state index in [0.717, 1.165) is 5.56 Å². The van der Waals surface area contributed by atoms with Gasteiger partial charge >= 0.3 is 5.97 Å². The van der Waals surface area contributed by atoms with E-state index in [1.165, 1.54) is 16.7 Å². The summed E-state index contributed by atoms with van der Waals surface area (Å²) >= 11 is 7.22. The van der Waals surface area contributed by atoms with Crippen LogP contribution >= 0.6 is 22.9 Å². The molecule has 0 fully saturated rings. The van der Waals surface area contributed by atoms with Gasteiger partial charge in [-0.2, -0.15) is 0 Å². The predicted molar refractivity (Wildman–Crippen MR) is 90.1 cm³/mol. The smallest absolute Gasteiger partial charge is 0.355 e. The highest BCUT2D eigenvalue weighted by molar-refractivity contribution is 7.09. The minimum atomic E-state index is -1.04. The predicted octanol–water partition coefficient (Wildman–Crippen LogP) is 3.03. The fraction of sp³-hybridized carbons (Fsp3) is 0.312. The first kappa shape index (κ1) is 17.4. The lowest BCUT2D eigenvalue weighted by molar-refractivity contribution is -0.124. The van der Waals surface area contributed by atoms with Gasteiger partial charge in [-0.15, -0.1) is 11.3 Å². The summed E-state index contributed by atoms with van der Waals surface area (Å²) in [5.74, 6) is -1.24. The van der Waals surface area contributed by atoms with Crippen molar-refractivity contribution in [2.75, 3.05) is 6.54 Å². The maximum absolute atomic E-state index is 12.1. The van der Waals surface area contributed by atoms with Crippen molar-refractivity contribution in [3.63, 3.8) is 0 Å². The van der Waals surface area contributed by atoms with Crippen LogP contribution in [0.2, 0.25) is 5.02 Å². The van der Waals surface area contributed by atoms with E-state index in [1.54, 1.807) is 6.07 Å². The van der Waals surface area contributed by atoms with Crippen LogP contribution in [0, 0.1) is 5.92 Å². The molecule has 1 unspecified atom stereocenters. The molecule has 0 spiro atoms.